The van der Waals surface area contributed by atoms with Crippen molar-refractivity contribution in [3.05, 3.63) is 35.9 Å². The second kappa shape index (κ2) is 6.93. The molecule has 7 heteroatoms. The lowest BCUT2D eigenvalue weighted by molar-refractivity contribution is -0.146. The lowest BCUT2D eigenvalue weighted by atomic mass is 10.2. The van der Waals surface area contributed by atoms with Gasteiger partial charge >= 0.3 is 11.9 Å². The van der Waals surface area contributed by atoms with E-state index in [0.29, 0.717) is 5.56 Å². The Hall–Kier alpha value is -2.83. The van der Waals surface area contributed by atoms with Crippen molar-refractivity contribution in [3.63, 3.8) is 0 Å². The van der Waals surface area contributed by atoms with E-state index in [1.165, 1.54) is 18.2 Å². The summed E-state index contributed by atoms with van der Waals surface area (Å²) in [4.78, 5) is 32.7. The van der Waals surface area contributed by atoms with E-state index >= 15 is 0 Å². The predicted octanol–water partition coefficient (Wildman–Crippen LogP) is 0.449. The van der Waals surface area contributed by atoms with E-state index in [9.17, 15) is 14.4 Å². The number of aliphatic carboxylic acids is 2. The fourth-order valence-corrected chi connectivity index (χ4v) is 1.35. The first-order valence-electron chi connectivity index (χ1n) is 5.60. The van der Waals surface area contributed by atoms with Gasteiger partial charge in [0, 0.05) is 6.08 Å². The van der Waals surface area contributed by atoms with Crippen LogP contribution in [0.25, 0.3) is 6.08 Å². The standard InChI is InChI=1S/C13H13NO6/c15-9-4-1-8(2-5-9)3-6-11(16)14-10(13(19)20)7-12(17)18/h1-6,10,15H,7H2,(H,14,16)(H,17,18)(H,19,20)/b6-3+. The number of aromatic hydroxyl groups is 1. The molecule has 0 radical (unpaired) electrons. The smallest absolute Gasteiger partial charge is 0.326 e. The van der Waals surface area contributed by atoms with E-state index in [1.54, 1.807) is 12.1 Å². The third-order valence-corrected chi connectivity index (χ3v) is 2.31. The average Bonchev–Trinajstić information content (AvgIpc) is 2.36. The number of carboxylic acid groups (broad SMARTS) is 2. The molecule has 0 bridgehead atoms. The molecule has 1 aromatic carbocycles. The van der Waals surface area contributed by atoms with E-state index in [4.69, 9.17) is 15.3 Å². The quantitative estimate of drug-likeness (QED) is 0.560. The molecule has 0 spiro atoms. The van der Waals surface area contributed by atoms with Crippen molar-refractivity contribution in [2.24, 2.45) is 0 Å². The predicted molar refractivity (Wildman–Crippen MR) is 69.0 cm³/mol. The zero-order valence-corrected chi connectivity index (χ0v) is 10.3. The van der Waals surface area contributed by atoms with Crippen molar-refractivity contribution < 1.29 is 29.7 Å². The van der Waals surface area contributed by atoms with Crippen LogP contribution in [-0.4, -0.2) is 39.2 Å². The molecule has 7 nitrogen and oxygen atoms in total. The average molecular weight is 279 g/mol. The minimum absolute atomic E-state index is 0.0824. The lowest BCUT2D eigenvalue weighted by Crippen LogP contribution is -2.41. The van der Waals surface area contributed by atoms with Crippen molar-refractivity contribution in [1.29, 1.82) is 0 Å². The van der Waals surface area contributed by atoms with E-state index < -0.39 is 30.3 Å². The largest absolute Gasteiger partial charge is 0.508 e. The fraction of sp³-hybridized carbons (Fsp3) is 0.154. The third-order valence-electron chi connectivity index (χ3n) is 2.31. The summed E-state index contributed by atoms with van der Waals surface area (Å²) in [6, 6.07) is 4.50. The molecule has 0 aliphatic carbocycles. The van der Waals surface area contributed by atoms with E-state index in [2.05, 4.69) is 5.32 Å². The van der Waals surface area contributed by atoms with Gasteiger partial charge in [-0.3, -0.25) is 9.59 Å². The monoisotopic (exact) mass is 279 g/mol. The number of benzene rings is 1. The molecule has 1 atom stereocenters. The minimum Gasteiger partial charge on any atom is -0.508 e. The summed E-state index contributed by atoms with van der Waals surface area (Å²) in [7, 11) is 0. The van der Waals surface area contributed by atoms with E-state index in [1.807, 2.05) is 0 Å². The Morgan fingerprint density at radius 3 is 2.25 bits per heavy atom. The van der Waals surface area contributed by atoms with Crippen molar-refractivity contribution >= 4 is 23.9 Å². The molecule has 0 heterocycles. The highest BCUT2D eigenvalue weighted by atomic mass is 16.4. The van der Waals surface area contributed by atoms with Crippen LogP contribution in [0.1, 0.15) is 12.0 Å². The molecule has 0 saturated carbocycles. The van der Waals surface area contributed by atoms with Gasteiger partial charge in [-0.15, -0.1) is 0 Å². The van der Waals surface area contributed by atoms with Crippen LogP contribution in [0.15, 0.2) is 30.3 Å². The summed E-state index contributed by atoms with van der Waals surface area (Å²) >= 11 is 0. The Bertz CT molecular complexity index is 534. The molecule has 0 aliphatic rings. The summed E-state index contributed by atoms with van der Waals surface area (Å²) < 4.78 is 0. The Morgan fingerprint density at radius 1 is 1.15 bits per heavy atom. The van der Waals surface area contributed by atoms with Crippen LogP contribution in [0.4, 0.5) is 0 Å². The van der Waals surface area contributed by atoms with Gasteiger partial charge < -0.3 is 20.6 Å². The summed E-state index contributed by atoms with van der Waals surface area (Å²) in [6.07, 6.45) is 1.80. The van der Waals surface area contributed by atoms with Crippen molar-refractivity contribution in [3.8, 4) is 5.75 Å². The normalized spacial score (nSPS) is 12.0. The Kier molecular flexibility index (Phi) is 5.28. The maximum absolute atomic E-state index is 11.5. The summed E-state index contributed by atoms with van der Waals surface area (Å²) in [5.41, 5.74) is 0.628. The number of rotatable bonds is 6. The Balaban J connectivity index is 2.63. The van der Waals surface area contributed by atoms with Gasteiger partial charge in [-0.05, 0) is 23.8 Å². The van der Waals surface area contributed by atoms with Crippen LogP contribution < -0.4 is 5.32 Å². The van der Waals surface area contributed by atoms with Crippen LogP contribution >= 0.6 is 0 Å². The number of phenols is 1. The van der Waals surface area contributed by atoms with Gasteiger partial charge in [0.25, 0.3) is 0 Å². The van der Waals surface area contributed by atoms with Gasteiger partial charge in [-0.25, -0.2) is 4.79 Å². The summed E-state index contributed by atoms with van der Waals surface area (Å²) in [6.45, 7) is 0. The number of amides is 1. The highest BCUT2D eigenvalue weighted by Crippen LogP contribution is 2.10. The first kappa shape index (κ1) is 15.2. The number of hydrogen-bond donors (Lipinski definition) is 4. The molecule has 20 heavy (non-hydrogen) atoms. The molecule has 1 rings (SSSR count). The maximum Gasteiger partial charge on any atom is 0.326 e. The van der Waals surface area contributed by atoms with Crippen LogP contribution in [0.3, 0.4) is 0 Å². The molecule has 1 unspecified atom stereocenters. The minimum atomic E-state index is -1.48. The summed E-state index contributed by atoms with van der Waals surface area (Å²) in [5.74, 6) is -3.37. The second-order valence-corrected chi connectivity index (χ2v) is 3.92. The van der Waals surface area contributed by atoms with Gasteiger partial charge in [0.05, 0.1) is 6.42 Å². The number of phenolic OH excluding ortho intramolecular Hbond substituents is 1. The Morgan fingerprint density at radius 2 is 1.75 bits per heavy atom. The van der Waals surface area contributed by atoms with Crippen molar-refractivity contribution in [1.82, 2.24) is 5.32 Å². The van der Waals surface area contributed by atoms with Crippen LogP contribution in [0.5, 0.6) is 5.75 Å². The highest BCUT2D eigenvalue weighted by molar-refractivity contribution is 5.95. The van der Waals surface area contributed by atoms with Crippen LogP contribution in [0, 0.1) is 0 Å². The summed E-state index contributed by atoms with van der Waals surface area (Å²) in [5, 5.41) is 28.4. The van der Waals surface area contributed by atoms with E-state index in [-0.39, 0.29) is 5.75 Å². The molecule has 0 fully saturated rings. The van der Waals surface area contributed by atoms with Gasteiger partial charge in [0.1, 0.15) is 11.8 Å². The molecule has 4 N–H and O–H groups in total. The zero-order valence-electron chi connectivity index (χ0n) is 10.3. The molecular weight excluding hydrogens is 266 g/mol. The molecular formula is C13H13NO6. The molecule has 0 aliphatic heterocycles. The molecule has 106 valence electrons. The number of carboxylic acids is 2. The van der Waals surface area contributed by atoms with Gasteiger partial charge in [0.2, 0.25) is 5.91 Å². The molecule has 0 saturated heterocycles. The van der Waals surface area contributed by atoms with Crippen LogP contribution in [0.2, 0.25) is 0 Å². The number of nitrogens with one attached hydrogen (secondary N) is 1. The van der Waals surface area contributed by atoms with E-state index in [0.717, 1.165) is 6.08 Å². The lowest BCUT2D eigenvalue weighted by Gasteiger charge is -2.10. The first-order valence-corrected chi connectivity index (χ1v) is 5.60. The van der Waals surface area contributed by atoms with Gasteiger partial charge in [0.15, 0.2) is 0 Å². The SMILES string of the molecule is O=C(O)CC(NC(=O)/C=C/c1ccc(O)cc1)C(=O)O. The second-order valence-electron chi connectivity index (χ2n) is 3.92. The van der Waals surface area contributed by atoms with Gasteiger partial charge in [-0.1, -0.05) is 12.1 Å². The van der Waals surface area contributed by atoms with Gasteiger partial charge in [-0.2, -0.15) is 0 Å². The number of carbonyl (C=O) groups excluding carboxylic acids is 1. The van der Waals surface area contributed by atoms with Crippen LogP contribution in [-0.2, 0) is 14.4 Å². The topological polar surface area (TPSA) is 124 Å². The Labute approximate surface area is 114 Å². The zero-order chi connectivity index (χ0) is 15.1. The number of carbonyl (C=O) groups is 3. The first-order chi connectivity index (χ1) is 9.38. The fourth-order valence-electron chi connectivity index (χ4n) is 1.35. The molecule has 1 aromatic rings. The molecule has 1 amide bonds. The molecule has 0 aromatic heterocycles. The maximum atomic E-state index is 11.5. The third kappa shape index (κ3) is 5.21. The number of hydrogen-bond acceptors (Lipinski definition) is 4. The van der Waals surface area contributed by atoms with Crippen molar-refractivity contribution in [2.45, 2.75) is 12.5 Å². The highest BCUT2D eigenvalue weighted by Gasteiger charge is 2.21. The van der Waals surface area contributed by atoms with Crippen molar-refractivity contribution in [2.75, 3.05) is 0 Å².